The van der Waals surface area contributed by atoms with E-state index in [1.807, 2.05) is 31.2 Å². The van der Waals surface area contributed by atoms with Gasteiger partial charge in [0.05, 0.1) is 0 Å². The fourth-order valence-electron chi connectivity index (χ4n) is 2.03. The molecule has 5 nitrogen and oxygen atoms in total. The van der Waals surface area contributed by atoms with E-state index < -0.39 is 5.91 Å². The smallest absolute Gasteiger partial charge is 0.267 e. The minimum Gasteiger partial charge on any atom is -0.360 e. The van der Waals surface area contributed by atoms with Gasteiger partial charge in [-0.1, -0.05) is 30.3 Å². The second kappa shape index (κ2) is 7.75. The van der Waals surface area contributed by atoms with E-state index in [9.17, 15) is 14.9 Å². The molecule has 0 bridgehead atoms. The molecule has 2 N–H and O–H groups in total. The molecule has 2 rings (SSSR count). The van der Waals surface area contributed by atoms with Crippen molar-refractivity contribution in [1.82, 2.24) is 0 Å². The Balaban J connectivity index is 2.13. The topological polar surface area (TPSA) is 82.0 Å². The van der Waals surface area contributed by atoms with Gasteiger partial charge in [0, 0.05) is 23.1 Å². The number of para-hydroxylation sites is 1. The van der Waals surface area contributed by atoms with Crippen LogP contribution in [-0.4, -0.2) is 11.7 Å². The lowest BCUT2D eigenvalue weighted by molar-refractivity contribution is -0.112. The lowest BCUT2D eigenvalue weighted by Gasteiger charge is -2.08. The molecule has 0 saturated carbocycles. The Labute approximate surface area is 140 Å². The van der Waals surface area contributed by atoms with Crippen molar-refractivity contribution in [2.24, 2.45) is 0 Å². The van der Waals surface area contributed by atoms with Crippen LogP contribution >= 0.6 is 0 Å². The molecule has 2 aromatic rings. The van der Waals surface area contributed by atoms with E-state index in [-0.39, 0.29) is 11.4 Å². The molecule has 0 aliphatic rings. The highest BCUT2D eigenvalue weighted by Crippen LogP contribution is 2.15. The number of nitrogens with zero attached hydrogens (tertiary/aromatic N) is 1. The lowest BCUT2D eigenvalue weighted by Crippen LogP contribution is -2.15. The third-order valence-corrected chi connectivity index (χ3v) is 3.41. The number of anilines is 2. The molecule has 0 aliphatic carbocycles. The minimum absolute atomic E-state index is 0.0552. The predicted molar refractivity (Wildman–Crippen MR) is 93.6 cm³/mol. The highest BCUT2D eigenvalue weighted by Gasteiger charge is 2.10. The molecule has 2 aromatic carbocycles. The quantitative estimate of drug-likeness (QED) is 0.500. The zero-order valence-corrected chi connectivity index (χ0v) is 13.5. The first-order chi connectivity index (χ1) is 11.5. The zero-order valence-electron chi connectivity index (χ0n) is 13.5. The Hall–Kier alpha value is -3.39. The number of aryl methyl sites for hydroxylation is 1. The number of hydrogen-bond donors (Lipinski definition) is 2. The van der Waals surface area contributed by atoms with Crippen molar-refractivity contribution < 1.29 is 9.59 Å². The van der Waals surface area contributed by atoms with E-state index in [2.05, 4.69) is 10.6 Å². The standard InChI is InChI=1S/C19H17N3O2/c1-13-6-3-4-9-18(13)22-19(24)16(11-20)12-21-17-8-5-7-15(10-17)14(2)23/h3-10,12,21H,1-2H3,(H,22,24)/b16-12-. The van der Waals surface area contributed by atoms with E-state index in [1.54, 1.807) is 30.3 Å². The number of rotatable bonds is 5. The zero-order chi connectivity index (χ0) is 17.5. The van der Waals surface area contributed by atoms with Gasteiger partial charge in [-0.15, -0.1) is 0 Å². The summed E-state index contributed by atoms with van der Waals surface area (Å²) in [6.07, 6.45) is 1.33. The maximum atomic E-state index is 12.2. The van der Waals surface area contributed by atoms with Crippen molar-refractivity contribution in [3.8, 4) is 6.07 Å². The molecule has 0 unspecified atom stereocenters. The van der Waals surface area contributed by atoms with Gasteiger partial charge in [0.25, 0.3) is 5.91 Å². The molecule has 1 amide bonds. The molecule has 0 aliphatic heterocycles. The minimum atomic E-state index is -0.498. The van der Waals surface area contributed by atoms with E-state index in [1.165, 1.54) is 13.1 Å². The number of carbonyl (C=O) groups excluding carboxylic acids is 2. The fraction of sp³-hybridized carbons (Fsp3) is 0.105. The van der Waals surface area contributed by atoms with E-state index in [0.717, 1.165) is 5.56 Å². The van der Waals surface area contributed by atoms with Gasteiger partial charge in [0.2, 0.25) is 0 Å². The summed E-state index contributed by atoms with van der Waals surface area (Å²) in [4.78, 5) is 23.6. The average Bonchev–Trinajstić information content (AvgIpc) is 2.57. The van der Waals surface area contributed by atoms with Gasteiger partial charge in [0.1, 0.15) is 11.6 Å². The Morgan fingerprint density at radius 2 is 1.88 bits per heavy atom. The second-order valence-electron chi connectivity index (χ2n) is 5.22. The molecule has 0 saturated heterocycles. The highest BCUT2D eigenvalue weighted by molar-refractivity contribution is 6.07. The first-order valence-electron chi connectivity index (χ1n) is 7.36. The van der Waals surface area contributed by atoms with Crippen LogP contribution in [0.25, 0.3) is 0 Å². The summed E-state index contributed by atoms with van der Waals surface area (Å²) in [5.41, 5.74) is 2.68. The van der Waals surface area contributed by atoms with E-state index >= 15 is 0 Å². The Bertz CT molecular complexity index is 848. The number of carbonyl (C=O) groups is 2. The van der Waals surface area contributed by atoms with Crippen molar-refractivity contribution >= 4 is 23.1 Å². The van der Waals surface area contributed by atoms with Crippen molar-refractivity contribution in [3.05, 3.63) is 71.4 Å². The number of hydrogen-bond acceptors (Lipinski definition) is 4. The van der Waals surface area contributed by atoms with Crippen molar-refractivity contribution in [2.75, 3.05) is 10.6 Å². The SMILES string of the molecule is CC(=O)c1cccc(N/C=C(/C#N)C(=O)Nc2ccccc2C)c1. The summed E-state index contributed by atoms with van der Waals surface area (Å²) in [5.74, 6) is -0.553. The van der Waals surface area contributed by atoms with Crippen LogP contribution in [0.4, 0.5) is 11.4 Å². The molecule has 0 radical (unpaired) electrons. The third-order valence-electron chi connectivity index (χ3n) is 3.41. The van der Waals surface area contributed by atoms with Crippen LogP contribution in [0.1, 0.15) is 22.8 Å². The monoisotopic (exact) mass is 319 g/mol. The summed E-state index contributed by atoms with van der Waals surface area (Å²) in [5, 5.41) is 14.8. The summed E-state index contributed by atoms with van der Waals surface area (Å²) >= 11 is 0. The number of ketones is 1. The second-order valence-corrected chi connectivity index (χ2v) is 5.22. The summed E-state index contributed by atoms with van der Waals surface area (Å²) in [6.45, 7) is 3.35. The van der Waals surface area contributed by atoms with Crippen molar-refractivity contribution in [3.63, 3.8) is 0 Å². The van der Waals surface area contributed by atoms with Crippen molar-refractivity contribution in [1.29, 1.82) is 5.26 Å². The summed E-state index contributed by atoms with van der Waals surface area (Å²) < 4.78 is 0. The molecule has 0 heterocycles. The van der Waals surface area contributed by atoms with Crippen LogP contribution in [0.5, 0.6) is 0 Å². The molecule has 0 aromatic heterocycles. The molecule has 120 valence electrons. The van der Waals surface area contributed by atoms with E-state index in [4.69, 9.17) is 0 Å². The van der Waals surface area contributed by atoms with Gasteiger partial charge < -0.3 is 10.6 Å². The van der Waals surface area contributed by atoms with Crippen LogP contribution < -0.4 is 10.6 Å². The number of Topliss-reactive ketones (excluding diaryl/α,β-unsaturated/α-hetero) is 1. The summed E-state index contributed by atoms with van der Waals surface area (Å²) in [6, 6.07) is 16.0. The molecular weight excluding hydrogens is 302 g/mol. The lowest BCUT2D eigenvalue weighted by atomic mass is 10.1. The largest absolute Gasteiger partial charge is 0.360 e. The Kier molecular flexibility index (Phi) is 5.48. The fourth-order valence-corrected chi connectivity index (χ4v) is 2.03. The van der Waals surface area contributed by atoms with Gasteiger partial charge in [-0.2, -0.15) is 5.26 Å². The molecular formula is C19H17N3O2. The molecule has 24 heavy (non-hydrogen) atoms. The molecule has 5 heteroatoms. The van der Waals surface area contributed by atoms with Crippen LogP contribution in [0.3, 0.4) is 0 Å². The molecule has 0 fully saturated rings. The maximum Gasteiger partial charge on any atom is 0.267 e. The Morgan fingerprint density at radius 3 is 2.54 bits per heavy atom. The Morgan fingerprint density at radius 1 is 1.12 bits per heavy atom. The number of nitriles is 1. The van der Waals surface area contributed by atoms with Gasteiger partial charge in [0.15, 0.2) is 5.78 Å². The number of nitrogens with one attached hydrogen (secondary N) is 2. The molecule has 0 spiro atoms. The predicted octanol–water partition coefficient (Wildman–Crippen LogP) is 3.66. The van der Waals surface area contributed by atoms with Crippen LogP contribution in [0.15, 0.2) is 60.3 Å². The number of amides is 1. The number of benzene rings is 2. The van der Waals surface area contributed by atoms with Gasteiger partial charge in [-0.3, -0.25) is 9.59 Å². The van der Waals surface area contributed by atoms with Crippen LogP contribution in [0.2, 0.25) is 0 Å². The highest BCUT2D eigenvalue weighted by atomic mass is 16.1. The molecule has 0 atom stereocenters. The average molecular weight is 319 g/mol. The van der Waals surface area contributed by atoms with Gasteiger partial charge in [-0.05, 0) is 37.6 Å². The van der Waals surface area contributed by atoms with Crippen LogP contribution in [-0.2, 0) is 4.79 Å². The first-order valence-corrected chi connectivity index (χ1v) is 7.36. The third kappa shape index (κ3) is 4.31. The van der Waals surface area contributed by atoms with Gasteiger partial charge >= 0.3 is 0 Å². The first kappa shape index (κ1) is 17.0. The summed E-state index contributed by atoms with van der Waals surface area (Å²) in [7, 11) is 0. The normalized spacial score (nSPS) is 10.6. The van der Waals surface area contributed by atoms with Crippen molar-refractivity contribution in [2.45, 2.75) is 13.8 Å². The van der Waals surface area contributed by atoms with E-state index in [0.29, 0.717) is 16.9 Å². The van der Waals surface area contributed by atoms with Crippen LogP contribution in [0, 0.1) is 18.3 Å². The maximum absolute atomic E-state index is 12.2. The van der Waals surface area contributed by atoms with Gasteiger partial charge in [-0.25, -0.2) is 0 Å².